The molecule has 0 saturated heterocycles. The molecule has 0 atom stereocenters. The Hall–Kier alpha value is -1.90. The summed E-state index contributed by atoms with van der Waals surface area (Å²) in [5, 5.41) is 0. The lowest BCUT2D eigenvalue weighted by Crippen LogP contribution is -2.15. The van der Waals surface area contributed by atoms with E-state index < -0.39 is 5.91 Å². The van der Waals surface area contributed by atoms with Gasteiger partial charge < -0.3 is 30.4 Å². The van der Waals surface area contributed by atoms with E-state index in [2.05, 4.69) is 4.98 Å². The van der Waals surface area contributed by atoms with Gasteiger partial charge in [-0.3, -0.25) is 4.79 Å². The first kappa shape index (κ1) is 17.2. The van der Waals surface area contributed by atoms with Gasteiger partial charge >= 0.3 is 0 Å². The summed E-state index contributed by atoms with van der Waals surface area (Å²) < 4.78 is 20.7. The monoisotopic (exact) mass is 299 g/mol. The minimum atomic E-state index is -0.621. The van der Waals surface area contributed by atoms with Gasteiger partial charge in [0, 0.05) is 13.2 Å². The first-order valence-corrected chi connectivity index (χ1v) is 6.47. The molecule has 0 fully saturated rings. The number of pyridine rings is 1. The molecule has 8 heteroatoms. The molecule has 8 nitrogen and oxygen atoms in total. The second kappa shape index (κ2) is 9.92. The molecule has 118 valence electrons. The molecule has 1 heterocycles. The van der Waals surface area contributed by atoms with E-state index in [1.165, 1.54) is 12.3 Å². The summed E-state index contributed by atoms with van der Waals surface area (Å²) in [7, 11) is 1.62. The SMILES string of the molecule is COCCOCCOCCOc1cc(C(N)=O)c(N)cn1. The number of anilines is 1. The zero-order valence-electron chi connectivity index (χ0n) is 12.0. The van der Waals surface area contributed by atoms with Gasteiger partial charge in [0.2, 0.25) is 5.88 Å². The van der Waals surface area contributed by atoms with Crippen LogP contribution in [0.15, 0.2) is 12.3 Å². The number of ether oxygens (including phenoxy) is 4. The highest BCUT2D eigenvalue weighted by Crippen LogP contribution is 2.15. The predicted molar refractivity (Wildman–Crippen MR) is 76.2 cm³/mol. The Balaban J connectivity index is 2.16. The van der Waals surface area contributed by atoms with Crippen LogP contribution in [0.25, 0.3) is 0 Å². The molecule has 1 rings (SSSR count). The third-order valence-corrected chi connectivity index (χ3v) is 2.46. The zero-order chi connectivity index (χ0) is 15.5. The molecule has 1 aromatic heterocycles. The maximum absolute atomic E-state index is 11.1. The van der Waals surface area contributed by atoms with Crippen LogP contribution in [-0.2, 0) is 14.2 Å². The number of hydrogen-bond donors (Lipinski definition) is 2. The van der Waals surface area contributed by atoms with Gasteiger partial charge in [0.05, 0.1) is 50.5 Å². The third kappa shape index (κ3) is 6.89. The minimum Gasteiger partial charge on any atom is -0.475 e. The first-order chi connectivity index (χ1) is 10.1. The first-order valence-electron chi connectivity index (χ1n) is 6.47. The van der Waals surface area contributed by atoms with Crippen LogP contribution in [-0.4, -0.2) is 57.6 Å². The summed E-state index contributed by atoms with van der Waals surface area (Å²) in [6, 6.07) is 1.41. The highest BCUT2D eigenvalue weighted by molar-refractivity contribution is 5.97. The fourth-order valence-electron chi connectivity index (χ4n) is 1.41. The summed E-state index contributed by atoms with van der Waals surface area (Å²) in [4.78, 5) is 15.0. The maximum Gasteiger partial charge on any atom is 0.251 e. The number of rotatable bonds is 11. The number of hydrogen-bond acceptors (Lipinski definition) is 7. The van der Waals surface area contributed by atoms with Gasteiger partial charge in [-0.2, -0.15) is 0 Å². The van der Waals surface area contributed by atoms with E-state index >= 15 is 0 Å². The van der Waals surface area contributed by atoms with E-state index in [1.54, 1.807) is 7.11 Å². The molecule has 0 aliphatic heterocycles. The summed E-state index contributed by atoms with van der Waals surface area (Å²) >= 11 is 0. The highest BCUT2D eigenvalue weighted by Gasteiger charge is 2.08. The van der Waals surface area contributed by atoms with Crippen molar-refractivity contribution >= 4 is 11.6 Å². The topological polar surface area (TPSA) is 119 Å². The average Bonchev–Trinajstić information content (AvgIpc) is 2.47. The van der Waals surface area contributed by atoms with Crippen molar-refractivity contribution in [3.8, 4) is 5.88 Å². The van der Waals surface area contributed by atoms with Crippen molar-refractivity contribution < 1.29 is 23.7 Å². The molecular formula is C13H21N3O5. The lowest BCUT2D eigenvalue weighted by Gasteiger charge is -2.08. The Kier molecular flexibility index (Phi) is 8.10. The van der Waals surface area contributed by atoms with E-state index in [4.69, 9.17) is 30.4 Å². The van der Waals surface area contributed by atoms with Crippen LogP contribution in [0.5, 0.6) is 5.88 Å². The molecule has 0 aliphatic carbocycles. The van der Waals surface area contributed by atoms with Crippen LogP contribution in [0.2, 0.25) is 0 Å². The van der Waals surface area contributed by atoms with E-state index in [0.717, 1.165) is 0 Å². The number of aromatic nitrogens is 1. The number of primary amides is 1. The standard InChI is InChI=1S/C13H21N3O5/c1-18-2-3-19-4-5-20-6-7-21-12-8-10(13(15)17)11(14)9-16-12/h8-9H,2-7,14H2,1H3,(H2,15,17). The normalized spacial score (nSPS) is 10.5. The van der Waals surface area contributed by atoms with Crippen molar-refractivity contribution in [2.45, 2.75) is 0 Å². The number of nitrogen functional groups attached to an aromatic ring is 1. The van der Waals surface area contributed by atoms with Crippen molar-refractivity contribution in [3.63, 3.8) is 0 Å². The van der Waals surface area contributed by atoms with Crippen molar-refractivity contribution in [2.24, 2.45) is 5.73 Å². The molecule has 0 aromatic carbocycles. The van der Waals surface area contributed by atoms with Gasteiger partial charge in [-0.25, -0.2) is 4.98 Å². The largest absolute Gasteiger partial charge is 0.475 e. The smallest absolute Gasteiger partial charge is 0.251 e. The van der Waals surface area contributed by atoms with Gasteiger partial charge in [0.1, 0.15) is 6.61 Å². The zero-order valence-corrected chi connectivity index (χ0v) is 12.0. The highest BCUT2D eigenvalue weighted by atomic mass is 16.6. The van der Waals surface area contributed by atoms with Crippen LogP contribution in [0.3, 0.4) is 0 Å². The van der Waals surface area contributed by atoms with Crippen LogP contribution in [0, 0.1) is 0 Å². The van der Waals surface area contributed by atoms with Crippen molar-refractivity contribution in [3.05, 3.63) is 17.8 Å². The molecule has 0 saturated carbocycles. The summed E-state index contributed by atoms with van der Waals surface area (Å²) in [5.41, 5.74) is 11.2. The second-order valence-electron chi connectivity index (χ2n) is 4.04. The minimum absolute atomic E-state index is 0.187. The molecule has 0 aliphatic rings. The van der Waals surface area contributed by atoms with Crippen LogP contribution in [0.1, 0.15) is 10.4 Å². The molecule has 21 heavy (non-hydrogen) atoms. The van der Waals surface area contributed by atoms with Crippen LogP contribution in [0.4, 0.5) is 5.69 Å². The van der Waals surface area contributed by atoms with Gasteiger partial charge in [-0.15, -0.1) is 0 Å². The molecule has 0 radical (unpaired) electrons. The Morgan fingerprint density at radius 3 is 2.38 bits per heavy atom. The van der Waals surface area contributed by atoms with Crippen LogP contribution >= 0.6 is 0 Å². The van der Waals surface area contributed by atoms with Gasteiger partial charge in [-0.1, -0.05) is 0 Å². The second-order valence-corrected chi connectivity index (χ2v) is 4.04. The average molecular weight is 299 g/mol. The van der Waals surface area contributed by atoms with Gasteiger partial charge in [0.25, 0.3) is 5.91 Å². The molecule has 1 aromatic rings. The van der Waals surface area contributed by atoms with Crippen molar-refractivity contribution in [1.82, 2.24) is 4.98 Å². The third-order valence-electron chi connectivity index (χ3n) is 2.46. The molecule has 4 N–H and O–H groups in total. The van der Waals surface area contributed by atoms with E-state index in [1.807, 2.05) is 0 Å². The Labute approximate surface area is 123 Å². The number of nitrogens with zero attached hydrogens (tertiary/aromatic N) is 1. The molecular weight excluding hydrogens is 278 g/mol. The fraction of sp³-hybridized carbons (Fsp3) is 0.538. The van der Waals surface area contributed by atoms with Gasteiger partial charge in [-0.05, 0) is 0 Å². The number of carbonyl (C=O) groups is 1. The van der Waals surface area contributed by atoms with Crippen LogP contribution < -0.4 is 16.2 Å². The molecule has 1 amide bonds. The Bertz CT molecular complexity index is 442. The fourth-order valence-corrected chi connectivity index (χ4v) is 1.41. The lowest BCUT2D eigenvalue weighted by molar-refractivity contribution is 0.0176. The Morgan fingerprint density at radius 1 is 1.14 bits per heavy atom. The summed E-state index contributed by atoms with van der Waals surface area (Å²) in [5.74, 6) is -0.345. The summed E-state index contributed by atoms with van der Waals surface area (Å²) in [6.07, 6.45) is 1.33. The van der Waals surface area contributed by atoms with Crippen molar-refractivity contribution in [1.29, 1.82) is 0 Å². The molecule has 0 spiro atoms. The van der Waals surface area contributed by atoms with E-state index in [9.17, 15) is 4.79 Å². The maximum atomic E-state index is 11.1. The number of methoxy groups -OCH3 is 1. The summed E-state index contributed by atoms with van der Waals surface area (Å²) in [6.45, 7) is 2.75. The Morgan fingerprint density at radius 2 is 1.76 bits per heavy atom. The van der Waals surface area contributed by atoms with E-state index in [0.29, 0.717) is 39.6 Å². The number of carbonyl (C=O) groups excluding carboxylic acids is 1. The number of amides is 1. The number of nitrogens with two attached hydrogens (primary N) is 2. The van der Waals surface area contributed by atoms with E-state index in [-0.39, 0.29) is 17.1 Å². The molecule has 0 bridgehead atoms. The molecule has 0 unspecified atom stereocenters. The van der Waals surface area contributed by atoms with Gasteiger partial charge in [0.15, 0.2) is 0 Å². The predicted octanol–water partition coefficient (Wildman–Crippen LogP) is -0.179. The van der Waals surface area contributed by atoms with Crippen molar-refractivity contribution in [2.75, 3.05) is 52.5 Å². The lowest BCUT2D eigenvalue weighted by atomic mass is 10.2. The quantitative estimate of drug-likeness (QED) is 0.544.